The molecule has 0 heterocycles. The number of nitrogens with one attached hydrogen (secondary N) is 2. The Morgan fingerprint density at radius 3 is 2.27 bits per heavy atom. The molecule has 2 aromatic rings. The maximum atomic E-state index is 11.8. The van der Waals surface area contributed by atoms with Crippen molar-refractivity contribution >= 4 is 18.0 Å². The van der Waals surface area contributed by atoms with Crippen LogP contribution in [0.15, 0.2) is 48.5 Å². The molecule has 0 spiro atoms. The van der Waals surface area contributed by atoms with Gasteiger partial charge in [-0.25, -0.2) is 4.79 Å². The molecule has 0 bridgehead atoms. The molecule has 114 valence electrons. The van der Waals surface area contributed by atoms with Gasteiger partial charge in [0.25, 0.3) is 0 Å². The second-order valence-corrected chi connectivity index (χ2v) is 4.72. The van der Waals surface area contributed by atoms with E-state index in [0.29, 0.717) is 18.7 Å². The van der Waals surface area contributed by atoms with Crippen molar-refractivity contribution in [2.24, 2.45) is 0 Å². The minimum atomic E-state index is -0.279. The lowest BCUT2D eigenvalue weighted by molar-refractivity contribution is -0.107. The predicted octanol–water partition coefficient (Wildman–Crippen LogP) is 2.76. The van der Waals surface area contributed by atoms with Crippen molar-refractivity contribution in [1.29, 1.82) is 0 Å². The molecular formula is C17H18N2O3. The summed E-state index contributed by atoms with van der Waals surface area (Å²) in [4.78, 5) is 22.2. The average Bonchev–Trinajstić information content (AvgIpc) is 2.55. The van der Waals surface area contributed by atoms with Crippen molar-refractivity contribution in [2.45, 2.75) is 13.0 Å². The molecule has 2 rings (SSSR count). The number of hydrogen-bond donors (Lipinski definition) is 2. The molecule has 0 unspecified atom stereocenters. The third-order valence-electron chi connectivity index (χ3n) is 3.14. The number of rotatable bonds is 6. The summed E-state index contributed by atoms with van der Waals surface area (Å²) in [5.74, 6) is 0.781. The van der Waals surface area contributed by atoms with Gasteiger partial charge in [-0.05, 0) is 35.4 Å². The molecule has 5 nitrogen and oxygen atoms in total. The van der Waals surface area contributed by atoms with E-state index in [1.807, 2.05) is 36.4 Å². The summed E-state index contributed by atoms with van der Waals surface area (Å²) in [6.45, 7) is 0.430. The van der Waals surface area contributed by atoms with Crippen LogP contribution in [0.3, 0.4) is 0 Å². The van der Waals surface area contributed by atoms with Crippen molar-refractivity contribution in [2.75, 3.05) is 12.4 Å². The van der Waals surface area contributed by atoms with E-state index in [-0.39, 0.29) is 6.03 Å². The normalized spacial score (nSPS) is 9.86. The van der Waals surface area contributed by atoms with Gasteiger partial charge in [0.05, 0.1) is 7.11 Å². The van der Waals surface area contributed by atoms with Gasteiger partial charge in [0.15, 0.2) is 0 Å². The zero-order valence-corrected chi connectivity index (χ0v) is 12.3. The van der Waals surface area contributed by atoms with E-state index in [4.69, 9.17) is 4.74 Å². The Morgan fingerprint density at radius 2 is 1.68 bits per heavy atom. The van der Waals surface area contributed by atoms with E-state index in [2.05, 4.69) is 10.6 Å². The Bertz CT molecular complexity index is 621. The first-order chi connectivity index (χ1) is 10.7. The number of benzene rings is 2. The van der Waals surface area contributed by atoms with Crippen molar-refractivity contribution in [3.05, 3.63) is 59.7 Å². The fourth-order valence-electron chi connectivity index (χ4n) is 1.92. The van der Waals surface area contributed by atoms with Gasteiger partial charge in [-0.2, -0.15) is 0 Å². The van der Waals surface area contributed by atoms with E-state index >= 15 is 0 Å². The standard InChI is InChI=1S/C17H18N2O3/c1-22-16-8-4-14(5-9-16)12-18-17(21)19-15-6-2-13(3-7-15)10-11-20/h2-9,11H,10,12H2,1H3,(H2,18,19,21). The first kappa shape index (κ1) is 15.6. The quantitative estimate of drug-likeness (QED) is 0.806. The summed E-state index contributed by atoms with van der Waals surface area (Å²) in [6.07, 6.45) is 1.23. The maximum Gasteiger partial charge on any atom is 0.319 e. The number of methoxy groups -OCH3 is 1. The molecule has 0 aromatic heterocycles. The Labute approximate surface area is 129 Å². The van der Waals surface area contributed by atoms with Crippen LogP contribution < -0.4 is 15.4 Å². The van der Waals surface area contributed by atoms with Crippen LogP contribution in [0.2, 0.25) is 0 Å². The Hall–Kier alpha value is -2.82. The number of carbonyl (C=O) groups excluding carboxylic acids is 2. The predicted molar refractivity (Wildman–Crippen MR) is 85.1 cm³/mol. The highest BCUT2D eigenvalue weighted by Crippen LogP contribution is 2.12. The van der Waals surface area contributed by atoms with E-state index in [9.17, 15) is 9.59 Å². The van der Waals surface area contributed by atoms with Gasteiger partial charge >= 0.3 is 6.03 Å². The fourth-order valence-corrected chi connectivity index (χ4v) is 1.92. The van der Waals surface area contributed by atoms with Crippen LogP contribution in [0.4, 0.5) is 10.5 Å². The summed E-state index contributed by atoms with van der Waals surface area (Å²) in [7, 11) is 1.61. The fraction of sp³-hybridized carbons (Fsp3) is 0.176. The number of ether oxygens (including phenoxy) is 1. The zero-order valence-electron chi connectivity index (χ0n) is 12.3. The lowest BCUT2D eigenvalue weighted by Crippen LogP contribution is -2.28. The molecule has 0 fully saturated rings. The van der Waals surface area contributed by atoms with Crippen LogP contribution in [0.1, 0.15) is 11.1 Å². The van der Waals surface area contributed by atoms with E-state index < -0.39 is 0 Å². The molecule has 2 amide bonds. The number of anilines is 1. The third-order valence-corrected chi connectivity index (χ3v) is 3.14. The number of aldehydes is 1. The Morgan fingerprint density at radius 1 is 1.05 bits per heavy atom. The molecule has 2 aromatic carbocycles. The minimum Gasteiger partial charge on any atom is -0.497 e. The number of amides is 2. The zero-order chi connectivity index (χ0) is 15.8. The van der Waals surface area contributed by atoms with Gasteiger partial charge in [0.2, 0.25) is 0 Å². The van der Waals surface area contributed by atoms with Gasteiger partial charge in [-0.3, -0.25) is 0 Å². The van der Waals surface area contributed by atoms with Crippen molar-refractivity contribution in [3.63, 3.8) is 0 Å². The molecule has 0 aliphatic heterocycles. The molecule has 0 atom stereocenters. The van der Waals surface area contributed by atoms with E-state index in [1.165, 1.54) is 0 Å². The molecule has 0 saturated heterocycles. The molecule has 0 radical (unpaired) electrons. The van der Waals surface area contributed by atoms with Gasteiger partial charge in [0, 0.05) is 18.7 Å². The lowest BCUT2D eigenvalue weighted by Gasteiger charge is -2.08. The third kappa shape index (κ3) is 4.63. The maximum absolute atomic E-state index is 11.8. The summed E-state index contributed by atoms with van der Waals surface area (Å²) < 4.78 is 5.08. The summed E-state index contributed by atoms with van der Waals surface area (Å²) in [5.41, 5.74) is 2.58. The highest BCUT2D eigenvalue weighted by molar-refractivity contribution is 5.89. The van der Waals surface area contributed by atoms with E-state index in [1.54, 1.807) is 19.2 Å². The smallest absolute Gasteiger partial charge is 0.319 e. The summed E-state index contributed by atoms with van der Waals surface area (Å²) >= 11 is 0. The van der Waals surface area contributed by atoms with Crippen LogP contribution >= 0.6 is 0 Å². The van der Waals surface area contributed by atoms with Gasteiger partial charge in [-0.15, -0.1) is 0 Å². The molecule has 2 N–H and O–H groups in total. The highest BCUT2D eigenvalue weighted by Gasteiger charge is 2.02. The molecular weight excluding hydrogens is 280 g/mol. The van der Waals surface area contributed by atoms with Crippen molar-refractivity contribution < 1.29 is 14.3 Å². The highest BCUT2D eigenvalue weighted by atomic mass is 16.5. The minimum absolute atomic E-state index is 0.279. The second kappa shape index (κ2) is 7.83. The monoisotopic (exact) mass is 298 g/mol. The number of urea groups is 1. The van der Waals surface area contributed by atoms with Crippen molar-refractivity contribution in [1.82, 2.24) is 5.32 Å². The van der Waals surface area contributed by atoms with Gasteiger partial charge in [0.1, 0.15) is 12.0 Å². The van der Waals surface area contributed by atoms with Gasteiger partial charge in [-0.1, -0.05) is 24.3 Å². The summed E-state index contributed by atoms with van der Waals surface area (Å²) in [5, 5.41) is 5.52. The molecule has 22 heavy (non-hydrogen) atoms. The topological polar surface area (TPSA) is 67.4 Å². The number of carbonyl (C=O) groups is 2. The second-order valence-electron chi connectivity index (χ2n) is 4.72. The summed E-state index contributed by atoms with van der Waals surface area (Å²) in [6, 6.07) is 14.4. The van der Waals surface area contributed by atoms with Crippen LogP contribution in [-0.2, 0) is 17.8 Å². The first-order valence-corrected chi connectivity index (χ1v) is 6.91. The van der Waals surface area contributed by atoms with Crippen molar-refractivity contribution in [3.8, 4) is 5.75 Å². The van der Waals surface area contributed by atoms with Crippen LogP contribution in [0.5, 0.6) is 5.75 Å². The number of hydrogen-bond acceptors (Lipinski definition) is 3. The molecule has 0 aliphatic carbocycles. The molecule has 0 aliphatic rings. The molecule has 0 saturated carbocycles. The van der Waals surface area contributed by atoms with E-state index in [0.717, 1.165) is 23.2 Å². The van der Waals surface area contributed by atoms with Crippen LogP contribution in [0.25, 0.3) is 0 Å². The average molecular weight is 298 g/mol. The SMILES string of the molecule is COc1ccc(CNC(=O)Nc2ccc(CC=O)cc2)cc1. The Kier molecular flexibility index (Phi) is 5.54. The molecule has 5 heteroatoms. The van der Waals surface area contributed by atoms with Crippen LogP contribution in [-0.4, -0.2) is 19.4 Å². The Balaban J connectivity index is 1.82. The van der Waals surface area contributed by atoms with Gasteiger partial charge < -0.3 is 20.2 Å². The first-order valence-electron chi connectivity index (χ1n) is 6.91. The van der Waals surface area contributed by atoms with Crippen LogP contribution in [0, 0.1) is 0 Å². The largest absolute Gasteiger partial charge is 0.497 e. The lowest BCUT2D eigenvalue weighted by atomic mass is 10.1.